The maximum absolute atomic E-state index is 12.2. The first-order valence-electron chi connectivity index (χ1n) is 5.82. The van der Waals surface area contributed by atoms with Crippen LogP contribution < -0.4 is 10.5 Å². The largest absolute Gasteiger partial charge is 0.573 e. The molecule has 0 aliphatic rings. The molecule has 0 saturated heterocycles. The van der Waals surface area contributed by atoms with Crippen molar-refractivity contribution in [3.8, 4) is 5.75 Å². The van der Waals surface area contributed by atoms with E-state index in [1.54, 1.807) is 24.3 Å². The van der Waals surface area contributed by atoms with Crippen molar-refractivity contribution >= 4 is 27.5 Å². The molecule has 0 spiro atoms. The van der Waals surface area contributed by atoms with Crippen LogP contribution in [0, 0.1) is 0 Å². The fourth-order valence-corrected chi connectivity index (χ4v) is 2.32. The van der Waals surface area contributed by atoms with Crippen LogP contribution in [0.2, 0.25) is 5.02 Å². The molecule has 0 heterocycles. The lowest BCUT2D eigenvalue weighted by Gasteiger charge is -2.15. The molecule has 0 fully saturated rings. The van der Waals surface area contributed by atoms with Crippen LogP contribution >= 0.6 is 27.5 Å². The van der Waals surface area contributed by atoms with E-state index in [9.17, 15) is 13.2 Å². The molecule has 7 heteroatoms. The van der Waals surface area contributed by atoms with Gasteiger partial charge in [0.1, 0.15) is 5.75 Å². The van der Waals surface area contributed by atoms with Crippen molar-refractivity contribution in [3.05, 3.63) is 63.1 Å². The first-order valence-corrected chi connectivity index (χ1v) is 6.99. The van der Waals surface area contributed by atoms with Crippen molar-refractivity contribution in [2.24, 2.45) is 5.73 Å². The Morgan fingerprint density at radius 3 is 2.38 bits per heavy atom. The summed E-state index contributed by atoms with van der Waals surface area (Å²) in [5.74, 6) is -0.302. The Balaban J connectivity index is 2.28. The van der Waals surface area contributed by atoms with E-state index < -0.39 is 12.4 Å². The zero-order valence-electron chi connectivity index (χ0n) is 10.5. The Morgan fingerprint density at radius 2 is 1.76 bits per heavy atom. The molecule has 112 valence electrons. The topological polar surface area (TPSA) is 35.2 Å². The molecule has 21 heavy (non-hydrogen) atoms. The highest BCUT2D eigenvalue weighted by molar-refractivity contribution is 9.10. The summed E-state index contributed by atoms with van der Waals surface area (Å²) < 4.78 is 41.2. The summed E-state index contributed by atoms with van der Waals surface area (Å²) in [5, 5.41) is 0.528. The van der Waals surface area contributed by atoms with E-state index in [2.05, 4.69) is 20.7 Å². The average Bonchev–Trinajstić information content (AvgIpc) is 2.39. The minimum Gasteiger partial charge on any atom is -0.406 e. The van der Waals surface area contributed by atoms with E-state index in [4.69, 9.17) is 17.3 Å². The highest BCUT2D eigenvalue weighted by Gasteiger charge is 2.31. The Morgan fingerprint density at radius 1 is 1.10 bits per heavy atom. The molecule has 0 saturated carbocycles. The fourth-order valence-electron chi connectivity index (χ4n) is 1.80. The first kappa shape index (κ1) is 16.1. The highest BCUT2D eigenvalue weighted by atomic mass is 79.9. The Bertz CT molecular complexity index is 648. The SMILES string of the molecule is NC(c1cccc(OC(F)(F)F)c1)c1ccc(Cl)c(Br)c1. The molecule has 2 nitrogen and oxygen atoms in total. The van der Waals surface area contributed by atoms with Crippen LogP contribution in [-0.2, 0) is 0 Å². The molecule has 0 radical (unpaired) electrons. The average molecular weight is 381 g/mol. The number of hydrogen-bond acceptors (Lipinski definition) is 2. The first-order chi connectivity index (χ1) is 9.76. The van der Waals surface area contributed by atoms with Gasteiger partial charge in [-0.05, 0) is 51.3 Å². The van der Waals surface area contributed by atoms with Gasteiger partial charge in [-0.2, -0.15) is 0 Å². The van der Waals surface area contributed by atoms with E-state index in [1.165, 1.54) is 18.2 Å². The molecule has 0 bridgehead atoms. The smallest absolute Gasteiger partial charge is 0.406 e. The summed E-state index contributed by atoms with van der Waals surface area (Å²) in [6.45, 7) is 0. The molecule has 0 aliphatic heterocycles. The third-order valence-corrected chi connectivity index (χ3v) is 3.97. The second kappa shape index (κ2) is 6.25. The number of nitrogens with two attached hydrogens (primary N) is 1. The predicted octanol–water partition coefficient (Wildman–Crippen LogP) is 5.05. The van der Waals surface area contributed by atoms with E-state index in [0.29, 0.717) is 15.1 Å². The zero-order valence-corrected chi connectivity index (χ0v) is 12.8. The molecular weight excluding hydrogens is 371 g/mol. The monoisotopic (exact) mass is 379 g/mol. The lowest BCUT2D eigenvalue weighted by molar-refractivity contribution is -0.274. The fraction of sp³-hybridized carbons (Fsp3) is 0.143. The minimum absolute atomic E-state index is 0.302. The van der Waals surface area contributed by atoms with Gasteiger partial charge in [0.25, 0.3) is 0 Å². The van der Waals surface area contributed by atoms with Crippen molar-refractivity contribution in [2.75, 3.05) is 0 Å². The zero-order chi connectivity index (χ0) is 15.6. The number of halogens is 5. The Hall–Kier alpha value is -1.24. The van der Waals surface area contributed by atoms with Gasteiger partial charge in [0.05, 0.1) is 11.1 Å². The molecule has 0 amide bonds. The lowest BCUT2D eigenvalue weighted by atomic mass is 9.99. The van der Waals surface area contributed by atoms with E-state index >= 15 is 0 Å². The van der Waals surface area contributed by atoms with Gasteiger partial charge in [0, 0.05) is 4.47 Å². The van der Waals surface area contributed by atoms with E-state index in [1.807, 2.05) is 0 Å². The number of ether oxygens (including phenoxy) is 1. The van der Waals surface area contributed by atoms with Crippen LogP contribution in [0.5, 0.6) is 5.75 Å². The van der Waals surface area contributed by atoms with Gasteiger partial charge in [-0.3, -0.25) is 0 Å². The van der Waals surface area contributed by atoms with Gasteiger partial charge in [0.2, 0.25) is 0 Å². The van der Waals surface area contributed by atoms with Gasteiger partial charge >= 0.3 is 6.36 Å². The summed E-state index contributed by atoms with van der Waals surface area (Å²) in [6, 6.07) is 10.1. The maximum Gasteiger partial charge on any atom is 0.573 e. The molecule has 2 aromatic carbocycles. The normalized spacial score (nSPS) is 13.0. The maximum atomic E-state index is 12.2. The van der Waals surface area contributed by atoms with Crippen molar-refractivity contribution in [1.29, 1.82) is 0 Å². The second-order valence-electron chi connectivity index (χ2n) is 4.27. The molecule has 2 aromatic rings. The van der Waals surface area contributed by atoms with E-state index in [-0.39, 0.29) is 5.75 Å². The van der Waals surface area contributed by atoms with Crippen LogP contribution in [0.4, 0.5) is 13.2 Å². The van der Waals surface area contributed by atoms with Crippen LogP contribution in [0.25, 0.3) is 0 Å². The van der Waals surface area contributed by atoms with Crippen molar-refractivity contribution < 1.29 is 17.9 Å². The number of hydrogen-bond donors (Lipinski definition) is 1. The van der Waals surface area contributed by atoms with Gasteiger partial charge in [-0.1, -0.05) is 29.8 Å². The lowest BCUT2D eigenvalue weighted by Crippen LogP contribution is -2.18. The third kappa shape index (κ3) is 4.36. The highest BCUT2D eigenvalue weighted by Crippen LogP contribution is 2.30. The Labute approximate surface area is 132 Å². The molecule has 0 aromatic heterocycles. The van der Waals surface area contributed by atoms with Crippen LogP contribution in [-0.4, -0.2) is 6.36 Å². The van der Waals surface area contributed by atoms with Crippen molar-refractivity contribution in [1.82, 2.24) is 0 Å². The molecule has 1 atom stereocenters. The van der Waals surface area contributed by atoms with Crippen LogP contribution in [0.3, 0.4) is 0 Å². The van der Waals surface area contributed by atoms with Crippen LogP contribution in [0.1, 0.15) is 17.2 Å². The molecule has 0 aliphatic carbocycles. The third-order valence-electron chi connectivity index (χ3n) is 2.75. The number of rotatable bonds is 3. The summed E-state index contributed by atoms with van der Waals surface area (Å²) >= 11 is 9.18. The van der Waals surface area contributed by atoms with Crippen molar-refractivity contribution in [2.45, 2.75) is 12.4 Å². The summed E-state index contributed by atoms with van der Waals surface area (Å²) in [4.78, 5) is 0. The summed E-state index contributed by atoms with van der Waals surface area (Å²) in [5.41, 5.74) is 7.29. The second-order valence-corrected chi connectivity index (χ2v) is 5.53. The van der Waals surface area contributed by atoms with Crippen LogP contribution in [0.15, 0.2) is 46.9 Å². The summed E-state index contributed by atoms with van der Waals surface area (Å²) in [6.07, 6.45) is -4.73. The quantitative estimate of drug-likeness (QED) is 0.809. The minimum atomic E-state index is -4.73. The van der Waals surface area contributed by atoms with Gasteiger partial charge in [0.15, 0.2) is 0 Å². The molecule has 1 unspecified atom stereocenters. The van der Waals surface area contributed by atoms with Gasteiger partial charge in [-0.25, -0.2) is 0 Å². The molecular formula is C14H10BrClF3NO. The number of alkyl halides is 3. The van der Waals surface area contributed by atoms with Gasteiger partial charge < -0.3 is 10.5 Å². The molecule has 2 rings (SSSR count). The number of benzene rings is 2. The summed E-state index contributed by atoms with van der Waals surface area (Å²) in [7, 11) is 0. The standard InChI is InChI=1S/C14H10BrClF3NO/c15-11-7-9(4-5-12(11)16)13(20)8-2-1-3-10(6-8)21-14(17,18)19/h1-7,13H,20H2. The Kier molecular flexibility index (Phi) is 4.81. The predicted molar refractivity (Wildman–Crippen MR) is 78.3 cm³/mol. The van der Waals surface area contributed by atoms with Gasteiger partial charge in [-0.15, -0.1) is 13.2 Å². The van der Waals surface area contributed by atoms with E-state index in [0.717, 1.165) is 5.56 Å². The molecule has 2 N–H and O–H groups in total. The van der Waals surface area contributed by atoms with Crippen molar-refractivity contribution in [3.63, 3.8) is 0 Å².